The number of carbonyl (C=O) groups excluding carboxylic acids is 1. The van der Waals surface area contributed by atoms with E-state index in [2.05, 4.69) is 96.9 Å². The molecule has 5 rings (SSSR count). The molecule has 1 aromatic heterocycles. The number of hydrogen-bond donors (Lipinski definition) is 0. The number of thiazole rings is 1. The zero-order chi connectivity index (χ0) is 28.2. The second kappa shape index (κ2) is 11.8. The molecule has 1 heterocycles. The summed E-state index contributed by atoms with van der Waals surface area (Å²) in [6.45, 7) is 6.54. The Labute approximate surface area is 248 Å². The molecule has 0 N–H and O–H groups in total. The number of ether oxygens (including phenoxy) is 1. The molecule has 0 unspecified atom stereocenters. The first-order valence-corrected chi connectivity index (χ1v) is 18.7. The summed E-state index contributed by atoms with van der Waals surface area (Å²) in [5.41, 5.74) is 3.28. The molecular formula is C34H33BrNO2PS. The Morgan fingerprint density at radius 3 is 1.73 bits per heavy atom. The van der Waals surface area contributed by atoms with E-state index in [1.807, 2.05) is 54.6 Å². The van der Waals surface area contributed by atoms with Crippen LogP contribution in [0.1, 0.15) is 35.9 Å². The van der Waals surface area contributed by atoms with Crippen LogP contribution >= 0.6 is 32.1 Å². The van der Waals surface area contributed by atoms with E-state index in [0.29, 0.717) is 0 Å². The van der Waals surface area contributed by atoms with Gasteiger partial charge in [-0.15, -0.1) is 0 Å². The van der Waals surface area contributed by atoms with Gasteiger partial charge in [0.15, 0.2) is 0 Å². The molecule has 5 aromatic rings. The van der Waals surface area contributed by atoms with Crippen molar-refractivity contribution in [2.75, 3.05) is 6.16 Å². The Balaban J connectivity index is 1.52. The molecule has 0 amide bonds. The Morgan fingerprint density at radius 1 is 0.800 bits per heavy atom. The number of hydrogen-bond acceptors (Lipinski definition) is 4. The van der Waals surface area contributed by atoms with E-state index in [1.165, 1.54) is 5.56 Å². The molecular weight excluding hydrogens is 597 g/mol. The van der Waals surface area contributed by atoms with Gasteiger partial charge in [-0.25, -0.2) is 0 Å². The number of benzene rings is 4. The zero-order valence-corrected chi connectivity index (χ0v) is 26.3. The predicted molar refractivity (Wildman–Crippen MR) is 175 cm³/mol. The Bertz CT molecular complexity index is 1490. The average Bonchev–Trinajstić information content (AvgIpc) is 3.43. The molecule has 3 nitrogen and oxygen atoms in total. The number of halogens is 1. The fourth-order valence-corrected chi connectivity index (χ4v) is 13.4. The molecule has 0 aliphatic rings. The molecule has 6 heteroatoms. The third-order valence-electron chi connectivity index (χ3n) is 7.25. The van der Waals surface area contributed by atoms with Crippen molar-refractivity contribution in [3.63, 3.8) is 0 Å². The van der Waals surface area contributed by atoms with Crippen LogP contribution < -0.4 is 15.9 Å². The van der Waals surface area contributed by atoms with Gasteiger partial charge in [0.25, 0.3) is 0 Å². The maximum atomic E-state index is 13.9. The third-order valence-corrected chi connectivity index (χ3v) is 17.8. The van der Waals surface area contributed by atoms with Crippen molar-refractivity contribution in [3.05, 3.63) is 131 Å². The number of rotatable bonds is 9. The van der Waals surface area contributed by atoms with Crippen molar-refractivity contribution in [2.45, 2.75) is 33.3 Å². The molecule has 0 bridgehead atoms. The van der Waals surface area contributed by atoms with Gasteiger partial charge in [-0.1, -0.05) is 0 Å². The van der Waals surface area contributed by atoms with Crippen LogP contribution in [0.25, 0.3) is 10.6 Å². The maximum absolute atomic E-state index is 13.9. The fraction of sp³-hybridized carbons (Fsp3) is 0.176. The first kappa shape index (κ1) is 28.4. The van der Waals surface area contributed by atoms with E-state index in [-0.39, 0.29) is 24.7 Å². The summed E-state index contributed by atoms with van der Waals surface area (Å²) in [6.07, 6.45) is 0.199. The topological polar surface area (TPSA) is 39.2 Å². The van der Waals surface area contributed by atoms with Crippen LogP contribution in [-0.2, 0) is 16.1 Å². The molecule has 0 saturated carbocycles. The molecule has 0 aliphatic carbocycles. The monoisotopic (exact) mass is 629 g/mol. The van der Waals surface area contributed by atoms with Gasteiger partial charge in [-0.2, -0.15) is 0 Å². The average molecular weight is 631 g/mol. The van der Waals surface area contributed by atoms with Gasteiger partial charge < -0.3 is 0 Å². The van der Waals surface area contributed by atoms with Crippen LogP contribution in [0, 0.1) is 6.92 Å². The SMILES string of the molecule is Cc1ccc(-c2nc(C(C)C)c(COC(=O)CP(Br)(c3ccccc3)(c3ccccc3)c3ccccc3)s2)cc1. The fourth-order valence-electron chi connectivity index (χ4n) is 5.11. The predicted octanol–water partition coefficient (Wildman–Crippen LogP) is 8.12. The van der Waals surface area contributed by atoms with Gasteiger partial charge in [0.2, 0.25) is 0 Å². The van der Waals surface area contributed by atoms with Crippen LogP contribution in [0.2, 0.25) is 0 Å². The van der Waals surface area contributed by atoms with Crippen LogP contribution in [0.5, 0.6) is 0 Å². The molecule has 0 saturated heterocycles. The summed E-state index contributed by atoms with van der Waals surface area (Å²) >= 11 is 5.95. The second-order valence-electron chi connectivity index (χ2n) is 10.4. The van der Waals surface area contributed by atoms with E-state index in [4.69, 9.17) is 9.72 Å². The summed E-state index contributed by atoms with van der Waals surface area (Å²) < 4.78 is 6.11. The van der Waals surface area contributed by atoms with Crippen molar-refractivity contribution in [3.8, 4) is 10.6 Å². The summed E-state index contributed by atoms with van der Waals surface area (Å²) in [7, 11) is 0. The Hall–Kier alpha value is -3.11. The second-order valence-corrected chi connectivity index (χ2v) is 20.4. The number of carbonyl (C=O) groups is 1. The molecule has 0 aliphatic heterocycles. The summed E-state index contributed by atoms with van der Waals surface area (Å²) in [5, 5.41) is 0.807. The van der Waals surface area contributed by atoms with Crippen molar-refractivity contribution in [1.29, 1.82) is 0 Å². The van der Waals surface area contributed by atoms with Crippen LogP contribution in [0.4, 0.5) is 0 Å². The number of esters is 1. The van der Waals surface area contributed by atoms with E-state index in [1.54, 1.807) is 11.3 Å². The normalized spacial score (nSPS) is 12.6. The van der Waals surface area contributed by atoms with Gasteiger partial charge in [0, 0.05) is 0 Å². The summed E-state index contributed by atoms with van der Waals surface area (Å²) in [5.74, 6) is -0.0244. The summed E-state index contributed by atoms with van der Waals surface area (Å²) in [6, 6.07) is 39.3. The summed E-state index contributed by atoms with van der Waals surface area (Å²) in [4.78, 5) is 19.9. The minimum atomic E-state index is -3.41. The molecule has 0 atom stereocenters. The van der Waals surface area contributed by atoms with E-state index >= 15 is 0 Å². The van der Waals surface area contributed by atoms with Gasteiger partial charge >= 0.3 is 250 Å². The van der Waals surface area contributed by atoms with Crippen LogP contribution in [-0.4, -0.2) is 17.1 Å². The molecule has 204 valence electrons. The number of nitrogens with zero attached hydrogens (tertiary/aromatic N) is 1. The van der Waals surface area contributed by atoms with Crippen molar-refractivity contribution < 1.29 is 9.53 Å². The number of aromatic nitrogens is 1. The minimum absolute atomic E-state index is 0.199. The first-order valence-electron chi connectivity index (χ1n) is 13.4. The third kappa shape index (κ3) is 5.43. The van der Waals surface area contributed by atoms with E-state index in [9.17, 15) is 4.79 Å². The van der Waals surface area contributed by atoms with Gasteiger partial charge in [0.1, 0.15) is 0 Å². The van der Waals surface area contributed by atoms with Crippen molar-refractivity contribution in [1.82, 2.24) is 4.98 Å². The van der Waals surface area contributed by atoms with Crippen molar-refractivity contribution >= 4 is 54.0 Å². The zero-order valence-electron chi connectivity index (χ0n) is 23.0. The molecule has 40 heavy (non-hydrogen) atoms. The van der Waals surface area contributed by atoms with E-state index < -0.39 is 5.31 Å². The van der Waals surface area contributed by atoms with Gasteiger partial charge in [0.05, 0.1) is 0 Å². The molecule has 0 spiro atoms. The molecule has 0 fully saturated rings. The van der Waals surface area contributed by atoms with Crippen molar-refractivity contribution in [2.24, 2.45) is 0 Å². The van der Waals surface area contributed by atoms with E-state index in [0.717, 1.165) is 37.1 Å². The first-order chi connectivity index (χ1) is 19.3. The Kier molecular flexibility index (Phi) is 8.37. The standard InChI is InChI=1S/C34H33BrNO2PS/c1-25(2)33-31(40-34(36-33)27-21-19-26(3)20-22-27)23-38-32(37)24-39(35,28-13-7-4-8-14-28,29-15-9-5-10-16-29)30-17-11-6-12-18-30/h4-22,25H,23-24H2,1-3H3. The molecule has 0 radical (unpaired) electrons. The Morgan fingerprint density at radius 2 is 1.27 bits per heavy atom. The molecule has 4 aromatic carbocycles. The quantitative estimate of drug-likeness (QED) is 0.122. The van der Waals surface area contributed by atoms with Gasteiger partial charge in [-0.05, 0) is 0 Å². The van der Waals surface area contributed by atoms with Gasteiger partial charge in [-0.3, -0.25) is 0 Å². The van der Waals surface area contributed by atoms with Crippen LogP contribution in [0.15, 0.2) is 115 Å². The number of aryl methyl sites for hydroxylation is 1. The van der Waals surface area contributed by atoms with Crippen LogP contribution in [0.3, 0.4) is 0 Å².